The SMILES string of the molecule is O=C(C=Cc1ccco1)Nc1ccc(Cl)c2cccnc12. The van der Waals surface area contributed by atoms with E-state index in [2.05, 4.69) is 10.3 Å². The second-order valence-electron chi connectivity index (χ2n) is 4.33. The summed E-state index contributed by atoms with van der Waals surface area (Å²) >= 11 is 6.12. The van der Waals surface area contributed by atoms with Crippen molar-refractivity contribution in [1.82, 2.24) is 4.98 Å². The lowest BCUT2D eigenvalue weighted by atomic mass is 10.2. The lowest BCUT2D eigenvalue weighted by Crippen LogP contribution is -2.08. The van der Waals surface area contributed by atoms with Gasteiger partial charge in [0, 0.05) is 17.7 Å². The highest BCUT2D eigenvalue weighted by Gasteiger charge is 2.07. The zero-order valence-corrected chi connectivity index (χ0v) is 11.7. The number of benzene rings is 1. The minimum absolute atomic E-state index is 0.263. The van der Waals surface area contributed by atoms with Crippen LogP contribution >= 0.6 is 11.6 Å². The number of pyridine rings is 1. The van der Waals surface area contributed by atoms with Crippen molar-refractivity contribution >= 4 is 40.2 Å². The van der Waals surface area contributed by atoms with Crippen LogP contribution in [0.2, 0.25) is 5.02 Å². The van der Waals surface area contributed by atoms with Crippen molar-refractivity contribution in [3.8, 4) is 0 Å². The maximum atomic E-state index is 11.9. The summed E-state index contributed by atoms with van der Waals surface area (Å²) in [6, 6.07) is 10.7. The zero-order valence-electron chi connectivity index (χ0n) is 10.9. The van der Waals surface area contributed by atoms with Gasteiger partial charge in [0.1, 0.15) is 5.76 Å². The number of aromatic nitrogens is 1. The van der Waals surface area contributed by atoms with Crippen molar-refractivity contribution in [3.63, 3.8) is 0 Å². The van der Waals surface area contributed by atoms with Crippen LogP contribution in [0.25, 0.3) is 17.0 Å². The molecule has 0 fully saturated rings. The van der Waals surface area contributed by atoms with E-state index in [4.69, 9.17) is 16.0 Å². The average Bonchev–Trinajstić information content (AvgIpc) is 3.02. The van der Waals surface area contributed by atoms with Gasteiger partial charge in [-0.05, 0) is 42.5 Å². The van der Waals surface area contributed by atoms with Gasteiger partial charge in [-0.3, -0.25) is 9.78 Å². The van der Waals surface area contributed by atoms with Gasteiger partial charge in [0.25, 0.3) is 0 Å². The summed E-state index contributed by atoms with van der Waals surface area (Å²) in [7, 11) is 0. The largest absolute Gasteiger partial charge is 0.465 e. The number of carbonyl (C=O) groups is 1. The predicted octanol–water partition coefficient (Wildman–Crippen LogP) is 4.13. The van der Waals surface area contributed by atoms with Crippen LogP contribution < -0.4 is 5.32 Å². The molecule has 4 nitrogen and oxygen atoms in total. The van der Waals surface area contributed by atoms with E-state index in [-0.39, 0.29) is 5.91 Å². The monoisotopic (exact) mass is 298 g/mol. The molecule has 0 radical (unpaired) electrons. The molecule has 0 bridgehead atoms. The van der Waals surface area contributed by atoms with Gasteiger partial charge < -0.3 is 9.73 Å². The molecule has 1 amide bonds. The van der Waals surface area contributed by atoms with E-state index in [1.54, 1.807) is 48.9 Å². The Morgan fingerprint density at radius 3 is 2.95 bits per heavy atom. The summed E-state index contributed by atoms with van der Waals surface area (Å²) in [5, 5.41) is 4.18. The first-order chi connectivity index (χ1) is 10.2. The molecule has 2 heterocycles. The molecule has 5 heteroatoms. The van der Waals surface area contributed by atoms with Gasteiger partial charge in [0.05, 0.1) is 22.5 Å². The Kier molecular flexibility index (Phi) is 3.71. The smallest absolute Gasteiger partial charge is 0.248 e. The van der Waals surface area contributed by atoms with Gasteiger partial charge >= 0.3 is 0 Å². The molecule has 0 aliphatic carbocycles. The summed E-state index contributed by atoms with van der Waals surface area (Å²) in [5.74, 6) is 0.352. The van der Waals surface area contributed by atoms with Crippen LogP contribution in [-0.4, -0.2) is 10.9 Å². The highest BCUT2D eigenvalue weighted by atomic mass is 35.5. The Morgan fingerprint density at radius 1 is 1.24 bits per heavy atom. The van der Waals surface area contributed by atoms with Gasteiger partial charge in [-0.15, -0.1) is 0 Å². The van der Waals surface area contributed by atoms with Crippen LogP contribution in [0.15, 0.2) is 59.4 Å². The van der Waals surface area contributed by atoms with Crippen molar-refractivity contribution in [2.24, 2.45) is 0 Å². The Labute approximate surface area is 126 Å². The fourth-order valence-corrected chi connectivity index (χ4v) is 2.17. The summed E-state index contributed by atoms with van der Waals surface area (Å²) in [4.78, 5) is 16.2. The Morgan fingerprint density at radius 2 is 2.14 bits per heavy atom. The van der Waals surface area contributed by atoms with Gasteiger partial charge in [-0.1, -0.05) is 11.6 Å². The molecule has 0 unspecified atom stereocenters. The molecule has 104 valence electrons. The van der Waals surface area contributed by atoms with Crippen LogP contribution in [0.1, 0.15) is 5.76 Å². The average molecular weight is 299 g/mol. The van der Waals surface area contributed by atoms with Crippen LogP contribution in [0.4, 0.5) is 5.69 Å². The number of halogens is 1. The van der Waals surface area contributed by atoms with Crippen LogP contribution in [0.3, 0.4) is 0 Å². The van der Waals surface area contributed by atoms with E-state index < -0.39 is 0 Å². The number of carbonyl (C=O) groups excluding carboxylic acids is 1. The summed E-state index contributed by atoms with van der Waals surface area (Å²) in [6.45, 7) is 0. The van der Waals surface area contributed by atoms with Gasteiger partial charge in [-0.25, -0.2) is 0 Å². The minimum Gasteiger partial charge on any atom is -0.465 e. The molecule has 0 aliphatic rings. The van der Waals surface area contributed by atoms with E-state index >= 15 is 0 Å². The Hall–Kier alpha value is -2.59. The second-order valence-corrected chi connectivity index (χ2v) is 4.74. The summed E-state index contributed by atoms with van der Waals surface area (Å²) in [5.41, 5.74) is 1.27. The maximum absolute atomic E-state index is 11.9. The van der Waals surface area contributed by atoms with Crippen molar-refractivity contribution in [2.75, 3.05) is 5.32 Å². The van der Waals surface area contributed by atoms with E-state index in [1.165, 1.54) is 6.08 Å². The third-order valence-corrected chi connectivity index (χ3v) is 3.25. The number of furan rings is 1. The van der Waals surface area contributed by atoms with Crippen molar-refractivity contribution < 1.29 is 9.21 Å². The standard InChI is InChI=1S/C16H11ClN2O2/c17-13-6-7-14(16-12(13)4-1-9-18-16)19-15(20)8-5-11-3-2-10-21-11/h1-10H,(H,19,20). The van der Waals surface area contributed by atoms with Crippen LogP contribution in [0.5, 0.6) is 0 Å². The van der Waals surface area contributed by atoms with Gasteiger partial charge in [0.2, 0.25) is 5.91 Å². The number of rotatable bonds is 3. The fraction of sp³-hybridized carbons (Fsp3) is 0. The maximum Gasteiger partial charge on any atom is 0.248 e. The topological polar surface area (TPSA) is 55.1 Å². The molecule has 0 saturated heterocycles. The molecule has 2 aromatic heterocycles. The Bertz CT molecular complexity index is 810. The summed E-state index contributed by atoms with van der Waals surface area (Å²) < 4.78 is 5.12. The second kappa shape index (κ2) is 5.81. The number of hydrogen-bond donors (Lipinski definition) is 1. The molecule has 0 atom stereocenters. The number of anilines is 1. The van der Waals surface area contributed by atoms with Gasteiger partial charge in [-0.2, -0.15) is 0 Å². The molecule has 1 aromatic carbocycles. The molecule has 0 spiro atoms. The lowest BCUT2D eigenvalue weighted by Gasteiger charge is -2.07. The van der Waals surface area contributed by atoms with E-state index in [0.717, 1.165) is 5.39 Å². The quantitative estimate of drug-likeness (QED) is 0.740. The molecular formula is C16H11ClN2O2. The van der Waals surface area contributed by atoms with E-state index in [1.807, 2.05) is 6.07 Å². The number of hydrogen-bond acceptors (Lipinski definition) is 3. The fourth-order valence-electron chi connectivity index (χ4n) is 1.96. The van der Waals surface area contributed by atoms with E-state index in [0.29, 0.717) is 22.0 Å². The first-order valence-electron chi connectivity index (χ1n) is 6.30. The van der Waals surface area contributed by atoms with Crippen molar-refractivity contribution in [1.29, 1.82) is 0 Å². The zero-order chi connectivity index (χ0) is 14.7. The minimum atomic E-state index is -0.263. The van der Waals surface area contributed by atoms with Crippen LogP contribution in [-0.2, 0) is 4.79 Å². The van der Waals surface area contributed by atoms with E-state index in [9.17, 15) is 4.79 Å². The molecular weight excluding hydrogens is 288 g/mol. The van der Waals surface area contributed by atoms with Crippen LogP contribution in [0, 0.1) is 0 Å². The highest BCUT2D eigenvalue weighted by molar-refractivity contribution is 6.36. The lowest BCUT2D eigenvalue weighted by molar-refractivity contribution is -0.111. The predicted molar refractivity (Wildman–Crippen MR) is 83.1 cm³/mol. The first-order valence-corrected chi connectivity index (χ1v) is 6.67. The normalized spacial score (nSPS) is 11.1. The number of fused-ring (bicyclic) bond motifs is 1. The molecule has 3 aromatic rings. The third-order valence-electron chi connectivity index (χ3n) is 2.92. The first kappa shape index (κ1) is 13.4. The number of nitrogens with zero attached hydrogens (tertiary/aromatic N) is 1. The number of nitrogens with one attached hydrogen (secondary N) is 1. The molecule has 1 N–H and O–H groups in total. The van der Waals surface area contributed by atoms with Crippen molar-refractivity contribution in [2.45, 2.75) is 0 Å². The van der Waals surface area contributed by atoms with Crippen molar-refractivity contribution in [3.05, 3.63) is 65.7 Å². The highest BCUT2D eigenvalue weighted by Crippen LogP contribution is 2.27. The van der Waals surface area contributed by atoms with Gasteiger partial charge in [0.15, 0.2) is 0 Å². The number of amides is 1. The molecule has 3 rings (SSSR count). The summed E-state index contributed by atoms with van der Waals surface area (Å²) in [6.07, 6.45) is 6.21. The molecule has 0 aliphatic heterocycles. The molecule has 21 heavy (non-hydrogen) atoms. The Balaban J connectivity index is 1.85. The third kappa shape index (κ3) is 2.95. The molecule has 0 saturated carbocycles.